The van der Waals surface area contributed by atoms with Crippen LogP contribution in [0.15, 0.2) is 29.1 Å². The summed E-state index contributed by atoms with van der Waals surface area (Å²) in [6, 6.07) is 7.48. The van der Waals surface area contributed by atoms with Crippen LogP contribution in [0.1, 0.15) is 34.6 Å². The zero-order chi connectivity index (χ0) is 17.2. The van der Waals surface area contributed by atoms with Gasteiger partial charge in [0.1, 0.15) is 15.8 Å². The zero-order valence-corrected chi connectivity index (χ0v) is 15.1. The Bertz CT molecular complexity index is 926. The van der Waals surface area contributed by atoms with E-state index in [1.807, 2.05) is 31.2 Å². The topological polar surface area (TPSA) is 74.8 Å². The van der Waals surface area contributed by atoms with Gasteiger partial charge in [-0.25, -0.2) is 4.98 Å². The van der Waals surface area contributed by atoms with Crippen LogP contribution >= 0.6 is 11.3 Å². The molecule has 0 amide bonds. The van der Waals surface area contributed by atoms with Crippen LogP contribution in [0.2, 0.25) is 0 Å². The van der Waals surface area contributed by atoms with Crippen molar-refractivity contribution in [3.05, 3.63) is 50.5 Å². The molecule has 1 aliphatic heterocycles. The van der Waals surface area contributed by atoms with Crippen LogP contribution in [0.3, 0.4) is 0 Å². The van der Waals surface area contributed by atoms with Crippen molar-refractivity contribution in [1.82, 2.24) is 25.1 Å². The Labute approximate surface area is 149 Å². The molecular weight excluding hydrogens is 334 g/mol. The molecule has 25 heavy (non-hydrogen) atoms. The maximum atomic E-state index is 12.1. The molecule has 1 aromatic carbocycles. The summed E-state index contributed by atoms with van der Waals surface area (Å²) in [7, 11) is 0. The number of likely N-dealkylation sites (tertiary alicyclic amines) is 1. The highest BCUT2D eigenvalue weighted by Crippen LogP contribution is 2.29. The van der Waals surface area contributed by atoms with Crippen LogP contribution in [0.4, 0.5) is 0 Å². The Kier molecular flexibility index (Phi) is 4.59. The lowest BCUT2D eigenvalue weighted by molar-refractivity contribution is 0.213. The van der Waals surface area contributed by atoms with E-state index >= 15 is 0 Å². The normalized spacial score (nSPS) is 16.5. The number of benzene rings is 1. The van der Waals surface area contributed by atoms with Crippen LogP contribution in [0, 0.1) is 6.92 Å². The number of piperidine rings is 1. The lowest BCUT2D eigenvalue weighted by Crippen LogP contribution is -2.34. The van der Waals surface area contributed by atoms with E-state index < -0.39 is 0 Å². The van der Waals surface area contributed by atoms with Crippen molar-refractivity contribution in [3.8, 4) is 0 Å². The fraction of sp³-hybridized carbons (Fsp3) is 0.444. The number of fused-ring (bicyclic) bond motifs is 1. The number of H-pyrrole nitrogens is 1. The van der Waals surface area contributed by atoms with Gasteiger partial charge in [0, 0.05) is 18.9 Å². The number of rotatable bonds is 4. The third-order valence-electron chi connectivity index (χ3n) is 4.81. The third kappa shape index (κ3) is 3.62. The van der Waals surface area contributed by atoms with Gasteiger partial charge in [-0.05, 0) is 45.0 Å². The first-order valence-electron chi connectivity index (χ1n) is 8.69. The third-order valence-corrected chi connectivity index (χ3v) is 5.81. The molecule has 7 heteroatoms. The number of aryl methyl sites for hydroxylation is 1. The van der Waals surface area contributed by atoms with E-state index in [1.54, 1.807) is 11.3 Å². The molecule has 0 atom stereocenters. The molecule has 2 aromatic heterocycles. The van der Waals surface area contributed by atoms with E-state index in [0.29, 0.717) is 11.3 Å². The second-order valence-electron chi connectivity index (χ2n) is 6.56. The largest absolute Gasteiger partial charge is 0.310 e. The Morgan fingerprint density at radius 1 is 1.24 bits per heavy atom. The summed E-state index contributed by atoms with van der Waals surface area (Å²) < 4.78 is 0. The molecule has 3 aromatic rings. The fourth-order valence-electron chi connectivity index (χ4n) is 3.40. The van der Waals surface area contributed by atoms with Crippen LogP contribution in [-0.4, -0.2) is 44.7 Å². The van der Waals surface area contributed by atoms with E-state index in [9.17, 15) is 4.79 Å². The number of hydrogen-bond acceptors (Lipinski definition) is 6. The number of aromatic nitrogens is 4. The molecule has 1 saturated heterocycles. The van der Waals surface area contributed by atoms with Crippen LogP contribution < -0.4 is 5.56 Å². The number of aromatic amines is 1. The van der Waals surface area contributed by atoms with Gasteiger partial charge in [0.25, 0.3) is 5.56 Å². The van der Waals surface area contributed by atoms with Crippen molar-refractivity contribution in [1.29, 1.82) is 0 Å². The summed E-state index contributed by atoms with van der Waals surface area (Å²) in [5, 5.41) is 11.3. The molecule has 0 saturated carbocycles. The van der Waals surface area contributed by atoms with Crippen molar-refractivity contribution in [2.45, 2.75) is 32.1 Å². The highest BCUT2D eigenvalue weighted by molar-refractivity contribution is 7.11. The second kappa shape index (κ2) is 7.01. The highest BCUT2D eigenvalue weighted by Gasteiger charge is 2.23. The maximum absolute atomic E-state index is 12.1. The van der Waals surface area contributed by atoms with Crippen LogP contribution in [-0.2, 0) is 6.42 Å². The number of nitrogens with zero attached hydrogens (tertiary/aromatic N) is 4. The molecule has 0 aliphatic carbocycles. The Morgan fingerprint density at radius 2 is 2.04 bits per heavy atom. The summed E-state index contributed by atoms with van der Waals surface area (Å²) >= 11 is 1.72. The van der Waals surface area contributed by atoms with Crippen LogP contribution in [0.5, 0.6) is 0 Å². The summed E-state index contributed by atoms with van der Waals surface area (Å²) in [5.74, 6) is 1.31. The minimum Gasteiger partial charge on any atom is -0.310 e. The minimum absolute atomic E-state index is 0.0500. The average Bonchev–Trinajstić information content (AvgIpc) is 3.07. The highest BCUT2D eigenvalue weighted by atomic mass is 32.1. The van der Waals surface area contributed by atoms with Gasteiger partial charge >= 0.3 is 0 Å². The summed E-state index contributed by atoms with van der Waals surface area (Å²) in [6.45, 7) is 5.04. The average molecular weight is 355 g/mol. The van der Waals surface area contributed by atoms with Gasteiger partial charge in [0.05, 0.1) is 10.9 Å². The van der Waals surface area contributed by atoms with E-state index in [1.165, 1.54) is 5.01 Å². The SMILES string of the molecule is Cc1nnc(C2CCN(CCc3nc4ccccc4c(=O)[nH]3)CC2)s1. The number of nitrogens with one attached hydrogen (secondary N) is 1. The predicted octanol–water partition coefficient (Wildman–Crippen LogP) is 2.51. The monoisotopic (exact) mass is 355 g/mol. The lowest BCUT2D eigenvalue weighted by Gasteiger charge is -2.30. The molecule has 1 N–H and O–H groups in total. The second-order valence-corrected chi connectivity index (χ2v) is 7.77. The van der Waals surface area contributed by atoms with Crippen molar-refractivity contribution >= 4 is 22.2 Å². The molecule has 130 valence electrons. The Hall–Kier alpha value is -2.12. The molecule has 4 rings (SSSR count). The summed E-state index contributed by atoms with van der Waals surface area (Å²) in [5.41, 5.74) is 0.720. The minimum atomic E-state index is -0.0500. The maximum Gasteiger partial charge on any atom is 0.258 e. The standard InChI is InChI=1S/C18H21N5OS/c1-12-21-22-18(25-12)13-6-9-23(10-7-13)11-8-16-19-15-5-3-2-4-14(15)17(24)20-16/h2-5,13H,6-11H2,1H3,(H,19,20,24). The lowest BCUT2D eigenvalue weighted by atomic mass is 9.97. The van der Waals surface area contributed by atoms with E-state index in [4.69, 9.17) is 0 Å². The molecule has 0 bridgehead atoms. The number of para-hydroxylation sites is 1. The van der Waals surface area contributed by atoms with Crippen molar-refractivity contribution in [2.24, 2.45) is 0 Å². The van der Waals surface area contributed by atoms with Gasteiger partial charge < -0.3 is 9.88 Å². The molecule has 0 unspecified atom stereocenters. The van der Waals surface area contributed by atoms with Crippen molar-refractivity contribution in [3.63, 3.8) is 0 Å². The van der Waals surface area contributed by atoms with Gasteiger partial charge in [-0.15, -0.1) is 21.5 Å². The van der Waals surface area contributed by atoms with E-state index in [-0.39, 0.29) is 5.56 Å². The van der Waals surface area contributed by atoms with Crippen molar-refractivity contribution < 1.29 is 0 Å². The Balaban J connectivity index is 1.36. The molecule has 6 nitrogen and oxygen atoms in total. The first-order valence-corrected chi connectivity index (χ1v) is 9.51. The van der Waals surface area contributed by atoms with Gasteiger partial charge in [-0.1, -0.05) is 12.1 Å². The molecule has 0 spiro atoms. The van der Waals surface area contributed by atoms with Gasteiger partial charge in [-0.2, -0.15) is 0 Å². The molecule has 0 radical (unpaired) electrons. The summed E-state index contributed by atoms with van der Waals surface area (Å²) in [6.07, 6.45) is 3.01. The molecule has 3 heterocycles. The van der Waals surface area contributed by atoms with Gasteiger partial charge in [-0.3, -0.25) is 4.79 Å². The smallest absolute Gasteiger partial charge is 0.258 e. The predicted molar refractivity (Wildman–Crippen MR) is 99.1 cm³/mol. The summed E-state index contributed by atoms with van der Waals surface area (Å²) in [4.78, 5) is 22.1. The van der Waals surface area contributed by atoms with E-state index in [0.717, 1.165) is 55.2 Å². The first kappa shape index (κ1) is 16.4. The number of hydrogen-bond donors (Lipinski definition) is 1. The molecule has 1 fully saturated rings. The zero-order valence-electron chi connectivity index (χ0n) is 14.2. The van der Waals surface area contributed by atoms with Crippen molar-refractivity contribution in [2.75, 3.05) is 19.6 Å². The van der Waals surface area contributed by atoms with Crippen LogP contribution in [0.25, 0.3) is 10.9 Å². The molecule has 1 aliphatic rings. The van der Waals surface area contributed by atoms with Gasteiger partial charge in [0.15, 0.2) is 0 Å². The Morgan fingerprint density at radius 3 is 2.80 bits per heavy atom. The first-order chi connectivity index (χ1) is 12.2. The molecular formula is C18H21N5OS. The quantitative estimate of drug-likeness (QED) is 0.778. The van der Waals surface area contributed by atoms with E-state index in [2.05, 4.69) is 25.1 Å². The fourth-order valence-corrected chi connectivity index (χ4v) is 4.27. The van der Waals surface area contributed by atoms with Gasteiger partial charge in [0.2, 0.25) is 0 Å².